The Kier molecular flexibility index (Phi) is 7.52. The first-order valence-electron chi connectivity index (χ1n) is 13.9. The number of carbonyl (C=O) groups is 2. The van der Waals surface area contributed by atoms with Crippen molar-refractivity contribution in [3.8, 4) is 5.75 Å². The van der Waals surface area contributed by atoms with Crippen molar-refractivity contribution in [3.63, 3.8) is 0 Å². The molecule has 3 heterocycles. The molecule has 41 heavy (non-hydrogen) atoms. The van der Waals surface area contributed by atoms with E-state index in [4.69, 9.17) is 4.74 Å². The summed E-state index contributed by atoms with van der Waals surface area (Å²) in [6.45, 7) is 7.43. The molecular weight excluding hydrogens is 532 g/mol. The topological polar surface area (TPSA) is 112 Å². The number of methoxy groups -OCH3 is 1. The third-order valence-corrected chi connectivity index (χ3v) is 7.95. The van der Waals surface area contributed by atoms with Gasteiger partial charge < -0.3 is 30.5 Å². The minimum absolute atomic E-state index is 0.0526. The largest absolute Gasteiger partial charge is 0.495 e. The molecule has 5 rings (SSSR count). The quantitative estimate of drug-likeness (QED) is 0.471. The van der Waals surface area contributed by atoms with E-state index in [1.54, 1.807) is 23.1 Å². The lowest BCUT2D eigenvalue weighted by Crippen LogP contribution is -2.51. The number of anilines is 4. The van der Waals surface area contributed by atoms with Crippen molar-refractivity contribution in [2.45, 2.75) is 75.9 Å². The molecule has 1 saturated carbocycles. The Hall–Kier alpha value is -3.96. The van der Waals surface area contributed by atoms with Crippen LogP contribution in [0.15, 0.2) is 36.7 Å². The van der Waals surface area contributed by atoms with Gasteiger partial charge in [0, 0.05) is 42.4 Å². The molecule has 1 aromatic carbocycles. The molecule has 2 fully saturated rings. The van der Waals surface area contributed by atoms with E-state index in [0.717, 1.165) is 42.7 Å². The summed E-state index contributed by atoms with van der Waals surface area (Å²) in [7, 11) is 2.81. The zero-order valence-electron chi connectivity index (χ0n) is 23.9. The Morgan fingerprint density at radius 3 is 2.66 bits per heavy atom. The molecule has 3 aliphatic rings. The van der Waals surface area contributed by atoms with Crippen LogP contribution in [0.4, 0.5) is 31.9 Å². The number of nitrogens with one attached hydrogen (secondary N) is 3. The molecule has 1 aromatic heterocycles. The lowest BCUT2D eigenvalue weighted by atomic mass is 9.88. The predicted molar refractivity (Wildman–Crippen MR) is 153 cm³/mol. The summed E-state index contributed by atoms with van der Waals surface area (Å²) < 4.78 is 35.3. The lowest BCUT2D eigenvalue weighted by Gasteiger charge is -2.38. The molecule has 0 spiro atoms. The Morgan fingerprint density at radius 2 is 1.98 bits per heavy atom. The summed E-state index contributed by atoms with van der Waals surface area (Å²) in [6.07, 6.45) is 6.16. The molecule has 10 nitrogen and oxygen atoms in total. The van der Waals surface area contributed by atoms with Crippen LogP contribution in [-0.4, -0.2) is 66.0 Å². The van der Waals surface area contributed by atoms with Crippen molar-refractivity contribution in [1.29, 1.82) is 0 Å². The van der Waals surface area contributed by atoms with Gasteiger partial charge in [-0.3, -0.25) is 9.59 Å². The number of carbonyl (C=O) groups excluding carboxylic acids is 2. The Labute approximate surface area is 238 Å². The molecule has 1 aliphatic carbocycles. The normalized spacial score (nSPS) is 22.0. The Morgan fingerprint density at radius 1 is 1.24 bits per heavy atom. The number of aromatic nitrogens is 2. The highest BCUT2D eigenvalue weighted by atomic mass is 19.3. The van der Waals surface area contributed by atoms with Crippen LogP contribution < -0.4 is 30.5 Å². The Balaban J connectivity index is 1.39. The SMILES string of the molecule is C=C1CC(NC(=O)c2ccc(Nc3ncc4c(n3)N(C3CCCC3)CC(F)(F)C(=O)N4C)c(OC)c2)CC(C)(C)N1. The summed E-state index contributed by atoms with van der Waals surface area (Å²) in [5.74, 6) is -4.24. The maximum Gasteiger partial charge on any atom is 0.342 e. The zero-order valence-corrected chi connectivity index (χ0v) is 23.9. The fraction of sp³-hybridized carbons (Fsp3) is 0.517. The van der Waals surface area contributed by atoms with E-state index in [2.05, 4.69) is 46.3 Å². The molecule has 1 saturated heterocycles. The summed E-state index contributed by atoms with van der Waals surface area (Å²) in [6, 6.07) is 4.79. The fourth-order valence-electron chi connectivity index (χ4n) is 6.10. The second-order valence-corrected chi connectivity index (χ2v) is 11.8. The van der Waals surface area contributed by atoms with Gasteiger partial charge in [0.25, 0.3) is 11.8 Å². The van der Waals surface area contributed by atoms with E-state index in [0.29, 0.717) is 23.4 Å². The molecule has 12 heteroatoms. The smallest absolute Gasteiger partial charge is 0.342 e. The van der Waals surface area contributed by atoms with E-state index in [1.165, 1.54) is 20.4 Å². The maximum absolute atomic E-state index is 14.9. The zero-order chi connectivity index (χ0) is 29.5. The summed E-state index contributed by atoms with van der Waals surface area (Å²) in [5, 5.41) is 9.54. The number of fused-ring (bicyclic) bond motifs is 1. The van der Waals surface area contributed by atoms with Gasteiger partial charge in [-0.05, 0) is 51.3 Å². The summed E-state index contributed by atoms with van der Waals surface area (Å²) >= 11 is 0. The highest BCUT2D eigenvalue weighted by Gasteiger charge is 2.48. The number of alkyl halides is 2. The van der Waals surface area contributed by atoms with Crippen molar-refractivity contribution in [1.82, 2.24) is 20.6 Å². The molecule has 1 atom stereocenters. The predicted octanol–water partition coefficient (Wildman–Crippen LogP) is 4.36. The van der Waals surface area contributed by atoms with Gasteiger partial charge in [-0.15, -0.1) is 0 Å². The number of piperidine rings is 1. The molecule has 2 aliphatic heterocycles. The molecule has 1 unspecified atom stereocenters. The van der Waals surface area contributed by atoms with Gasteiger partial charge in [0.05, 0.1) is 25.5 Å². The highest BCUT2D eigenvalue weighted by Crippen LogP contribution is 2.40. The van der Waals surface area contributed by atoms with Crippen LogP contribution in [0.25, 0.3) is 0 Å². The van der Waals surface area contributed by atoms with Crippen molar-refractivity contribution in [2.24, 2.45) is 0 Å². The minimum Gasteiger partial charge on any atom is -0.495 e. The number of benzene rings is 1. The number of rotatable bonds is 6. The molecule has 3 N–H and O–H groups in total. The van der Waals surface area contributed by atoms with E-state index < -0.39 is 18.4 Å². The second-order valence-electron chi connectivity index (χ2n) is 11.8. The number of nitrogens with zero attached hydrogens (tertiary/aromatic N) is 4. The molecule has 0 bridgehead atoms. The summed E-state index contributed by atoms with van der Waals surface area (Å²) in [4.78, 5) is 37.0. The van der Waals surface area contributed by atoms with Crippen molar-refractivity contribution in [2.75, 3.05) is 35.8 Å². The summed E-state index contributed by atoms with van der Waals surface area (Å²) in [5.41, 5.74) is 1.86. The average Bonchev–Trinajstić information content (AvgIpc) is 3.42. The molecule has 0 radical (unpaired) electrons. The number of hydrogen-bond acceptors (Lipinski definition) is 8. The molecule has 2 amide bonds. The van der Waals surface area contributed by atoms with Crippen LogP contribution in [0.2, 0.25) is 0 Å². The third-order valence-electron chi connectivity index (χ3n) is 7.95. The van der Waals surface area contributed by atoms with Gasteiger partial charge in [-0.25, -0.2) is 4.98 Å². The standard InChI is InChI=1S/C29H37F2N7O3/c1-17-12-19(14-28(2,3)36-17)33-25(39)18-10-11-21(23(13-18)41-5)34-27-32-15-22-24(35-27)38(20-8-6-7-9-20)16-29(30,31)26(40)37(22)4/h10-11,13,15,19-20,36H,1,6-9,12,14,16H2,2-5H3,(H,33,39)(H,32,34,35). The van der Waals surface area contributed by atoms with Crippen LogP contribution >= 0.6 is 0 Å². The van der Waals surface area contributed by atoms with Crippen LogP contribution in [0.3, 0.4) is 0 Å². The third kappa shape index (κ3) is 5.91. The molecule has 220 valence electrons. The maximum atomic E-state index is 14.9. The number of amides is 2. The fourth-order valence-corrected chi connectivity index (χ4v) is 6.10. The van der Waals surface area contributed by atoms with Crippen LogP contribution in [-0.2, 0) is 4.79 Å². The number of halogens is 2. The van der Waals surface area contributed by atoms with Crippen LogP contribution in [0.1, 0.15) is 62.7 Å². The first kappa shape index (κ1) is 28.6. The van der Waals surface area contributed by atoms with Crippen LogP contribution in [0.5, 0.6) is 5.75 Å². The number of hydrogen-bond donors (Lipinski definition) is 3. The average molecular weight is 570 g/mol. The van der Waals surface area contributed by atoms with Gasteiger partial charge in [0.15, 0.2) is 5.82 Å². The highest BCUT2D eigenvalue weighted by molar-refractivity contribution is 6.02. The van der Waals surface area contributed by atoms with Crippen LogP contribution in [0, 0.1) is 0 Å². The van der Waals surface area contributed by atoms with E-state index >= 15 is 0 Å². The van der Waals surface area contributed by atoms with Gasteiger partial charge >= 0.3 is 5.92 Å². The van der Waals surface area contributed by atoms with Crippen molar-refractivity contribution >= 4 is 35.0 Å². The first-order chi connectivity index (χ1) is 19.4. The molecular formula is C29H37F2N7O3. The Bertz CT molecular complexity index is 1360. The van der Waals surface area contributed by atoms with Gasteiger partial charge in [-0.2, -0.15) is 13.8 Å². The van der Waals surface area contributed by atoms with Crippen molar-refractivity contribution < 1.29 is 23.1 Å². The van der Waals surface area contributed by atoms with E-state index in [-0.39, 0.29) is 41.0 Å². The lowest BCUT2D eigenvalue weighted by molar-refractivity contribution is -0.140. The number of ether oxygens (including phenoxy) is 1. The van der Waals surface area contributed by atoms with Crippen molar-refractivity contribution in [3.05, 3.63) is 42.2 Å². The van der Waals surface area contributed by atoms with Gasteiger partial charge in [0.1, 0.15) is 11.4 Å². The van der Waals surface area contributed by atoms with E-state index in [1.807, 2.05) is 0 Å². The molecule has 2 aromatic rings. The van der Waals surface area contributed by atoms with E-state index in [9.17, 15) is 18.4 Å². The van der Waals surface area contributed by atoms with Gasteiger partial charge in [0.2, 0.25) is 5.95 Å². The first-order valence-corrected chi connectivity index (χ1v) is 13.9. The monoisotopic (exact) mass is 569 g/mol. The minimum atomic E-state index is -3.55. The second kappa shape index (κ2) is 10.8. The van der Waals surface area contributed by atoms with Gasteiger partial charge in [-0.1, -0.05) is 19.4 Å².